The van der Waals surface area contributed by atoms with E-state index in [1.165, 1.54) is 0 Å². The second-order valence-electron chi connectivity index (χ2n) is 1.85. The van der Waals surface area contributed by atoms with Gasteiger partial charge in [-0.2, -0.15) is 0 Å². The van der Waals surface area contributed by atoms with Crippen molar-refractivity contribution in [3.05, 3.63) is 23.6 Å². The standard InChI is InChI=1S/C6H3ClN2O/c7-6-4-1-2-8-3-5(4)10-9-6/h1-3H. The molecular formula is C6H3ClN2O. The van der Waals surface area contributed by atoms with Crippen LogP contribution in [0.5, 0.6) is 0 Å². The number of hydrogen-bond acceptors (Lipinski definition) is 3. The van der Waals surface area contributed by atoms with Crippen LogP contribution in [0.4, 0.5) is 0 Å². The van der Waals surface area contributed by atoms with Gasteiger partial charge >= 0.3 is 0 Å². The minimum atomic E-state index is 0.386. The minimum Gasteiger partial charge on any atom is -0.353 e. The van der Waals surface area contributed by atoms with Gasteiger partial charge in [0.15, 0.2) is 10.7 Å². The second kappa shape index (κ2) is 1.95. The van der Waals surface area contributed by atoms with E-state index in [2.05, 4.69) is 10.1 Å². The maximum atomic E-state index is 5.64. The Morgan fingerprint density at radius 1 is 1.50 bits per heavy atom. The smallest absolute Gasteiger partial charge is 0.186 e. The lowest BCUT2D eigenvalue weighted by Crippen LogP contribution is -1.66. The van der Waals surface area contributed by atoms with Crippen molar-refractivity contribution in [2.24, 2.45) is 0 Å². The Labute approximate surface area is 61.6 Å². The minimum absolute atomic E-state index is 0.386. The van der Waals surface area contributed by atoms with Gasteiger partial charge in [0.05, 0.1) is 11.6 Å². The molecule has 2 aromatic heterocycles. The van der Waals surface area contributed by atoms with Gasteiger partial charge in [-0.25, -0.2) is 0 Å². The fourth-order valence-electron chi connectivity index (χ4n) is 0.762. The van der Waals surface area contributed by atoms with Crippen LogP contribution >= 0.6 is 11.6 Å². The first-order valence-corrected chi connectivity index (χ1v) is 3.10. The van der Waals surface area contributed by atoms with Crippen molar-refractivity contribution in [3.8, 4) is 0 Å². The second-order valence-corrected chi connectivity index (χ2v) is 2.20. The third kappa shape index (κ3) is 0.675. The van der Waals surface area contributed by atoms with Crippen LogP contribution in [0.3, 0.4) is 0 Å². The van der Waals surface area contributed by atoms with Gasteiger partial charge in [0.2, 0.25) is 0 Å². The van der Waals surface area contributed by atoms with E-state index in [0.717, 1.165) is 5.39 Å². The molecule has 0 saturated carbocycles. The Morgan fingerprint density at radius 3 is 3.20 bits per heavy atom. The number of halogens is 1. The zero-order valence-electron chi connectivity index (χ0n) is 4.91. The monoisotopic (exact) mass is 154 g/mol. The van der Waals surface area contributed by atoms with E-state index in [1.807, 2.05) is 0 Å². The van der Waals surface area contributed by atoms with Crippen LogP contribution in [0.25, 0.3) is 11.0 Å². The number of fused-ring (bicyclic) bond motifs is 1. The SMILES string of the molecule is Clc1noc2cnccc12. The van der Waals surface area contributed by atoms with Crippen LogP contribution in [-0.2, 0) is 0 Å². The summed E-state index contributed by atoms with van der Waals surface area (Å²) in [5, 5.41) is 4.74. The normalized spacial score (nSPS) is 10.5. The van der Waals surface area contributed by atoms with Crippen LogP contribution in [0.15, 0.2) is 23.0 Å². The fourth-order valence-corrected chi connectivity index (χ4v) is 0.952. The third-order valence-corrected chi connectivity index (χ3v) is 1.50. The van der Waals surface area contributed by atoms with Crippen LogP contribution in [0, 0.1) is 0 Å². The largest absolute Gasteiger partial charge is 0.353 e. The number of pyridine rings is 1. The van der Waals surface area contributed by atoms with Crippen molar-refractivity contribution in [3.63, 3.8) is 0 Å². The van der Waals surface area contributed by atoms with Gasteiger partial charge in [-0.15, -0.1) is 0 Å². The molecule has 0 fully saturated rings. The average Bonchev–Trinajstić information content (AvgIpc) is 2.34. The van der Waals surface area contributed by atoms with Gasteiger partial charge in [-0.3, -0.25) is 4.98 Å². The maximum absolute atomic E-state index is 5.64. The summed E-state index contributed by atoms with van der Waals surface area (Å²) in [4.78, 5) is 3.83. The zero-order valence-corrected chi connectivity index (χ0v) is 5.67. The summed E-state index contributed by atoms with van der Waals surface area (Å²) in [5.74, 6) is 0. The topological polar surface area (TPSA) is 38.9 Å². The molecule has 0 unspecified atom stereocenters. The molecule has 0 spiro atoms. The first kappa shape index (κ1) is 5.68. The molecule has 0 radical (unpaired) electrons. The molecule has 0 N–H and O–H groups in total. The lowest BCUT2D eigenvalue weighted by Gasteiger charge is -1.80. The summed E-state index contributed by atoms with van der Waals surface area (Å²) >= 11 is 5.64. The predicted molar refractivity (Wildman–Crippen MR) is 36.8 cm³/mol. The van der Waals surface area contributed by atoms with Crippen LogP contribution in [0.2, 0.25) is 5.15 Å². The highest BCUT2D eigenvalue weighted by molar-refractivity contribution is 6.33. The van der Waals surface area contributed by atoms with Crippen molar-refractivity contribution >= 4 is 22.6 Å². The van der Waals surface area contributed by atoms with E-state index in [9.17, 15) is 0 Å². The summed E-state index contributed by atoms with van der Waals surface area (Å²) in [5.41, 5.74) is 0.618. The molecule has 0 aromatic carbocycles. The molecular weight excluding hydrogens is 152 g/mol. The van der Waals surface area contributed by atoms with E-state index < -0.39 is 0 Å². The molecule has 4 heteroatoms. The molecule has 2 aromatic rings. The highest BCUT2D eigenvalue weighted by Crippen LogP contribution is 2.20. The summed E-state index contributed by atoms with van der Waals surface area (Å²) in [6, 6.07) is 1.76. The maximum Gasteiger partial charge on any atom is 0.186 e. The average molecular weight is 155 g/mol. The molecule has 2 heterocycles. The lowest BCUT2D eigenvalue weighted by atomic mass is 10.3. The van der Waals surface area contributed by atoms with Gasteiger partial charge in [0, 0.05) is 6.20 Å². The predicted octanol–water partition coefficient (Wildman–Crippen LogP) is 1.88. The van der Waals surface area contributed by atoms with E-state index in [1.54, 1.807) is 18.5 Å². The Hall–Kier alpha value is -1.09. The van der Waals surface area contributed by atoms with Gasteiger partial charge in [-0.1, -0.05) is 16.8 Å². The van der Waals surface area contributed by atoms with Crippen molar-refractivity contribution < 1.29 is 4.52 Å². The van der Waals surface area contributed by atoms with Gasteiger partial charge in [-0.05, 0) is 6.07 Å². The van der Waals surface area contributed by atoms with E-state index in [-0.39, 0.29) is 0 Å². The van der Waals surface area contributed by atoms with Crippen LogP contribution in [-0.4, -0.2) is 10.1 Å². The van der Waals surface area contributed by atoms with E-state index in [4.69, 9.17) is 16.1 Å². The summed E-state index contributed by atoms with van der Waals surface area (Å²) in [6.07, 6.45) is 3.22. The molecule has 0 atom stereocenters. The first-order valence-electron chi connectivity index (χ1n) is 2.73. The van der Waals surface area contributed by atoms with Crippen molar-refractivity contribution in [1.82, 2.24) is 10.1 Å². The quantitative estimate of drug-likeness (QED) is 0.582. The molecule has 2 rings (SSSR count). The van der Waals surface area contributed by atoms with Crippen molar-refractivity contribution in [2.75, 3.05) is 0 Å². The van der Waals surface area contributed by atoms with Gasteiger partial charge in [0.25, 0.3) is 0 Å². The fraction of sp³-hybridized carbons (Fsp3) is 0. The lowest BCUT2D eigenvalue weighted by molar-refractivity contribution is 0.456. The molecule has 0 aliphatic rings. The number of aromatic nitrogens is 2. The molecule has 0 amide bonds. The highest BCUT2D eigenvalue weighted by Gasteiger charge is 2.02. The Bertz CT molecular complexity index is 357. The summed E-state index contributed by atoms with van der Waals surface area (Å²) < 4.78 is 4.80. The molecule has 0 aliphatic carbocycles. The van der Waals surface area contributed by atoms with E-state index >= 15 is 0 Å². The van der Waals surface area contributed by atoms with Crippen molar-refractivity contribution in [2.45, 2.75) is 0 Å². The number of hydrogen-bond donors (Lipinski definition) is 0. The molecule has 0 aliphatic heterocycles. The van der Waals surface area contributed by atoms with Crippen LogP contribution < -0.4 is 0 Å². The molecule has 3 nitrogen and oxygen atoms in total. The van der Waals surface area contributed by atoms with Gasteiger partial charge in [0.1, 0.15) is 0 Å². The molecule has 0 bridgehead atoms. The first-order chi connectivity index (χ1) is 4.88. The zero-order chi connectivity index (χ0) is 6.97. The van der Waals surface area contributed by atoms with Crippen molar-refractivity contribution in [1.29, 1.82) is 0 Å². The molecule has 0 saturated heterocycles. The Kier molecular flexibility index (Phi) is 1.11. The molecule has 10 heavy (non-hydrogen) atoms. The number of nitrogens with zero attached hydrogens (tertiary/aromatic N) is 2. The Morgan fingerprint density at radius 2 is 2.40 bits per heavy atom. The van der Waals surface area contributed by atoms with Crippen LogP contribution in [0.1, 0.15) is 0 Å². The third-order valence-electron chi connectivity index (χ3n) is 1.23. The Balaban J connectivity index is 2.93. The van der Waals surface area contributed by atoms with Gasteiger partial charge < -0.3 is 4.52 Å². The highest BCUT2D eigenvalue weighted by atomic mass is 35.5. The van der Waals surface area contributed by atoms with E-state index in [0.29, 0.717) is 10.7 Å². The molecule has 50 valence electrons. The summed E-state index contributed by atoms with van der Waals surface area (Å²) in [6.45, 7) is 0. The number of rotatable bonds is 0. The summed E-state index contributed by atoms with van der Waals surface area (Å²) in [7, 11) is 0.